The van der Waals surface area contributed by atoms with Crippen LogP contribution in [-0.2, 0) is 6.42 Å². The fraction of sp³-hybridized carbons (Fsp3) is 0.167. The Bertz CT molecular complexity index is 1310. The third kappa shape index (κ3) is 5.09. The van der Waals surface area contributed by atoms with Gasteiger partial charge in [0.1, 0.15) is 11.6 Å². The van der Waals surface area contributed by atoms with Gasteiger partial charge in [0.05, 0.1) is 18.0 Å². The van der Waals surface area contributed by atoms with Crippen LogP contribution in [0.2, 0.25) is 0 Å². The van der Waals surface area contributed by atoms with Gasteiger partial charge in [0.25, 0.3) is 5.56 Å². The standard InChI is InChI=1S/C24H24N6O3/c1-3-17-14-22(31)28-23(25-17)30-21(15-19(29-30)16-10-6-5-7-11-16)27-24(32)26-18-12-8-9-13-20(18)33-4-2/h5-15H,3-4H2,1-2H3,(H,25,28,31)(H2,26,27,32). The number of urea groups is 1. The largest absolute Gasteiger partial charge is 0.492 e. The van der Waals surface area contributed by atoms with Crippen LogP contribution in [0.4, 0.5) is 16.3 Å². The monoisotopic (exact) mass is 444 g/mol. The first-order valence-corrected chi connectivity index (χ1v) is 10.6. The number of aromatic nitrogens is 4. The maximum Gasteiger partial charge on any atom is 0.324 e. The number of aryl methyl sites for hydroxylation is 1. The number of hydrogen-bond donors (Lipinski definition) is 3. The minimum absolute atomic E-state index is 0.214. The van der Waals surface area contributed by atoms with E-state index in [1.54, 1.807) is 24.3 Å². The van der Waals surface area contributed by atoms with Gasteiger partial charge in [-0.3, -0.25) is 15.1 Å². The van der Waals surface area contributed by atoms with Crippen LogP contribution in [-0.4, -0.2) is 32.4 Å². The molecule has 0 aliphatic carbocycles. The Hall–Kier alpha value is -4.40. The molecular weight excluding hydrogens is 420 g/mol. The number of rotatable bonds is 7. The summed E-state index contributed by atoms with van der Waals surface area (Å²) >= 11 is 0. The second-order valence-corrected chi connectivity index (χ2v) is 7.11. The lowest BCUT2D eigenvalue weighted by atomic mass is 10.2. The van der Waals surface area contributed by atoms with Crippen molar-refractivity contribution in [2.45, 2.75) is 20.3 Å². The molecule has 0 bridgehead atoms. The predicted molar refractivity (Wildman–Crippen MR) is 127 cm³/mol. The number of hydrogen-bond acceptors (Lipinski definition) is 5. The van der Waals surface area contributed by atoms with Crippen LogP contribution in [0.1, 0.15) is 19.5 Å². The summed E-state index contributed by atoms with van der Waals surface area (Å²) in [4.78, 5) is 32.2. The molecule has 3 N–H and O–H groups in total. The van der Waals surface area contributed by atoms with Crippen molar-refractivity contribution in [1.29, 1.82) is 0 Å². The molecule has 0 unspecified atom stereocenters. The Morgan fingerprint density at radius 2 is 1.79 bits per heavy atom. The van der Waals surface area contributed by atoms with Crippen LogP contribution in [0, 0.1) is 0 Å². The van der Waals surface area contributed by atoms with E-state index in [2.05, 4.69) is 25.7 Å². The van der Waals surface area contributed by atoms with Crippen molar-refractivity contribution >= 4 is 17.5 Å². The van der Waals surface area contributed by atoms with Gasteiger partial charge in [0.2, 0.25) is 5.95 Å². The van der Waals surface area contributed by atoms with E-state index in [-0.39, 0.29) is 11.5 Å². The molecule has 9 heteroatoms. The molecule has 2 heterocycles. The minimum atomic E-state index is -0.489. The van der Waals surface area contributed by atoms with Gasteiger partial charge in [-0.25, -0.2) is 9.78 Å². The maximum atomic E-state index is 12.8. The molecular formula is C24H24N6O3. The molecule has 0 aliphatic heterocycles. The van der Waals surface area contributed by atoms with E-state index in [0.29, 0.717) is 41.7 Å². The summed E-state index contributed by atoms with van der Waals surface area (Å²) in [6, 6.07) is 19.4. The van der Waals surface area contributed by atoms with Crippen molar-refractivity contribution < 1.29 is 9.53 Å². The third-order valence-electron chi connectivity index (χ3n) is 4.80. The lowest BCUT2D eigenvalue weighted by Gasteiger charge is -2.12. The Balaban J connectivity index is 1.70. The number of amides is 2. The molecule has 33 heavy (non-hydrogen) atoms. The zero-order valence-corrected chi connectivity index (χ0v) is 18.3. The van der Waals surface area contributed by atoms with Crippen LogP contribution in [0.15, 0.2) is 71.5 Å². The average Bonchev–Trinajstić information content (AvgIpc) is 3.24. The van der Waals surface area contributed by atoms with E-state index in [0.717, 1.165) is 5.56 Å². The molecule has 0 spiro atoms. The quantitative estimate of drug-likeness (QED) is 0.395. The normalized spacial score (nSPS) is 10.6. The molecule has 4 aromatic rings. The van der Waals surface area contributed by atoms with Crippen molar-refractivity contribution in [2.75, 3.05) is 17.2 Å². The smallest absolute Gasteiger partial charge is 0.324 e. The summed E-state index contributed by atoms with van der Waals surface area (Å²) in [5, 5.41) is 10.2. The summed E-state index contributed by atoms with van der Waals surface area (Å²) in [6.45, 7) is 4.26. The number of anilines is 2. The van der Waals surface area contributed by atoms with Crippen LogP contribution in [0.5, 0.6) is 5.75 Å². The van der Waals surface area contributed by atoms with Crippen LogP contribution >= 0.6 is 0 Å². The molecule has 2 aromatic carbocycles. The van der Waals surface area contributed by atoms with E-state index in [1.807, 2.05) is 50.2 Å². The molecule has 0 aliphatic rings. The van der Waals surface area contributed by atoms with E-state index in [1.165, 1.54) is 10.7 Å². The number of aromatic amines is 1. The first-order chi connectivity index (χ1) is 16.1. The summed E-state index contributed by atoms with van der Waals surface area (Å²) in [7, 11) is 0. The Kier molecular flexibility index (Phi) is 6.49. The highest BCUT2D eigenvalue weighted by atomic mass is 16.5. The maximum absolute atomic E-state index is 12.8. The summed E-state index contributed by atoms with van der Waals surface area (Å²) in [5.41, 5.74) is 2.33. The van der Waals surface area contributed by atoms with Gasteiger partial charge in [-0.1, -0.05) is 49.4 Å². The minimum Gasteiger partial charge on any atom is -0.492 e. The summed E-state index contributed by atoms with van der Waals surface area (Å²) in [5.74, 6) is 1.12. The van der Waals surface area contributed by atoms with Crippen LogP contribution < -0.4 is 20.9 Å². The van der Waals surface area contributed by atoms with Crippen molar-refractivity contribution in [3.8, 4) is 23.0 Å². The summed E-state index contributed by atoms with van der Waals surface area (Å²) < 4.78 is 6.99. The van der Waals surface area contributed by atoms with Gasteiger partial charge in [0, 0.05) is 23.4 Å². The van der Waals surface area contributed by atoms with E-state index in [4.69, 9.17) is 4.74 Å². The highest BCUT2D eigenvalue weighted by Crippen LogP contribution is 2.26. The number of carbonyl (C=O) groups is 1. The molecule has 0 atom stereocenters. The fourth-order valence-electron chi connectivity index (χ4n) is 3.28. The van der Waals surface area contributed by atoms with Gasteiger partial charge in [-0.05, 0) is 25.5 Å². The zero-order chi connectivity index (χ0) is 23.2. The van der Waals surface area contributed by atoms with Crippen LogP contribution in [0.3, 0.4) is 0 Å². The Labute approximate surface area is 190 Å². The first kappa shape index (κ1) is 21.8. The van der Waals surface area contributed by atoms with Gasteiger partial charge in [0.15, 0.2) is 0 Å². The van der Waals surface area contributed by atoms with E-state index >= 15 is 0 Å². The molecule has 2 aromatic heterocycles. The average molecular weight is 444 g/mol. The van der Waals surface area contributed by atoms with Gasteiger partial charge < -0.3 is 10.1 Å². The second-order valence-electron chi connectivity index (χ2n) is 7.11. The predicted octanol–water partition coefficient (Wildman–Crippen LogP) is 4.23. The van der Waals surface area contributed by atoms with Gasteiger partial charge >= 0.3 is 6.03 Å². The highest BCUT2D eigenvalue weighted by molar-refractivity contribution is 6.00. The SMILES string of the molecule is CCOc1ccccc1NC(=O)Nc1cc(-c2ccccc2)nn1-c1nc(CC)cc(=O)[nH]1. The van der Waals surface area contributed by atoms with Crippen molar-refractivity contribution in [1.82, 2.24) is 19.7 Å². The number of benzene rings is 2. The Morgan fingerprint density at radius 3 is 2.55 bits per heavy atom. The van der Waals surface area contributed by atoms with E-state index in [9.17, 15) is 9.59 Å². The second kappa shape index (κ2) is 9.82. The molecule has 168 valence electrons. The molecule has 0 radical (unpaired) electrons. The first-order valence-electron chi connectivity index (χ1n) is 10.6. The molecule has 0 fully saturated rings. The number of nitrogens with one attached hydrogen (secondary N) is 3. The molecule has 4 rings (SSSR count). The van der Waals surface area contributed by atoms with E-state index < -0.39 is 6.03 Å². The highest BCUT2D eigenvalue weighted by Gasteiger charge is 2.17. The molecule has 9 nitrogen and oxygen atoms in total. The lowest BCUT2D eigenvalue weighted by molar-refractivity contribution is 0.261. The van der Waals surface area contributed by atoms with Crippen molar-refractivity contribution in [3.63, 3.8) is 0 Å². The van der Waals surface area contributed by atoms with Crippen molar-refractivity contribution in [3.05, 3.63) is 82.8 Å². The number of nitrogens with zero attached hydrogens (tertiary/aromatic N) is 3. The molecule has 2 amide bonds. The number of ether oxygens (including phenoxy) is 1. The Morgan fingerprint density at radius 1 is 1.03 bits per heavy atom. The fourth-order valence-corrected chi connectivity index (χ4v) is 3.28. The number of para-hydroxylation sites is 2. The van der Waals surface area contributed by atoms with Gasteiger partial charge in [-0.15, -0.1) is 0 Å². The lowest BCUT2D eigenvalue weighted by Crippen LogP contribution is -2.23. The van der Waals surface area contributed by atoms with Crippen LogP contribution in [0.25, 0.3) is 17.2 Å². The topological polar surface area (TPSA) is 114 Å². The summed E-state index contributed by atoms with van der Waals surface area (Å²) in [6.07, 6.45) is 0.585. The van der Waals surface area contributed by atoms with Crippen molar-refractivity contribution in [2.24, 2.45) is 0 Å². The number of H-pyrrole nitrogens is 1. The zero-order valence-electron chi connectivity index (χ0n) is 18.3. The molecule has 0 saturated carbocycles. The third-order valence-corrected chi connectivity index (χ3v) is 4.80. The van der Waals surface area contributed by atoms with Gasteiger partial charge in [-0.2, -0.15) is 9.78 Å². The number of carbonyl (C=O) groups excluding carboxylic acids is 1. The molecule has 0 saturated heterocycles.